The Bertz CT molecular complexity index is 514. The third-order valence-corrected chi connectivity index (χ3v) is 3.55. The highest BCUT2D eigenvalue weighted by atomic mass is 32.2. The molecule has 0 atom stereocenters. The molecule has 9 heteroatoms. The second-order valence-corrected chi connectivity index (χ2v) is 5.55. The van der Waals surface area contributed by atoms with Crippen LogP contribution in [0.15, 0.2) is 17.3 Å². The third kappa shape index (κ3) is 5.18. The number of amides is 1. The lowest BCUT2D eigenvalue weighted by Gasteiger charge is -2.06. The summed E-state index contributed by atoms with van der Waals surface area (Å²) in [6.07, 6.45) is 3.27. The van der Waals surface area contributed by atoms with Gasteiger partial charge in [-0.1, -0.05) is 6.92 Å². The highest BCUT2D eigenvalue weighted by Crippen LogP contribution is 2.07. The third-order valence-electron chi connectivity index (χ3n) is 2.14. The highest BCUT2D eigenvalue weighted by molar-refractivity contribution is 7.89. The minimum absolute atomic E-state index is 0.0481. The molecule has 0 aliphatic carbocycles. The summed E-state index contributed by atoms with van der Waals surface area (Å²) in [5.74, 6) is -0.198. The minimum atomic E-state index is -3.70. The summed E-state index contributed by atoms with van der Waals surface area (Å²) in [6, 6.07) is 0. The zero-order valence-corrected chi connectivity index (χ0v) is 11.4. The first-order chi connectivity index (χ1) is 8.95. The molecule has 0 saturated carbocycles. The van der Waals surface area contributed by atoms with Crippen LogP contribution in [0.1, 0.15) is 19.8 Å². The molecular formula is C10H17N5O3S. The van der Waals surface area contributed by atoms with Crippen molar-refractivity contribution in [3.8, 4) is 0 Å². The van der Waals surface area contributed by atoms with Gasteiger partial charge in [-0.2, -0.15) is 0 Å². The van der Waals surface area contributed by atoms with Crippen molar-refractivity contribution in [2.45, 2.75) is 24.7 Å². The van der Waals surface area contributed by atoms with Gasteiger partial charge in [0.1, 0.15) is 4.90 Å². The molecule has 1 aromatic heterocycles. The molecule has 0 radical (unpaired) electrons. The fraction of sp³-hybridized carbons (Fsp3) is 0.500. The molecule has 1 rings (SSSR count). The maximum atomic E-state index is 11.8. The summed E-state index contributed by atoms with van der Waals surface area (Å²) < 4.78 is 25.8. The molecule has 0 aromatic carbocycles. The average Bonchev–Trinajstić information content (AvgIpc) is 2.36. The summed E-state index contributed by atoms with van der Waals surface area (Å²) in [4.78, 5) is 18.2. The van der Waals surface area contributed by atoms with Crippen LogP contribution in [-0.4, -0.2) is 37.4 Å². The van der Waals surface area contributed by atoms with E-state index < -0.39 is 15.9 Å². The zero-order valence-electron chi connectivity index (χ0n) is 10.6. The van der Waals surface area contributed by atoms with Crippen LogP contribution in [-0.2, 0) is 14.8 Å². The molecule has 0 aliphatic rings. The van der Waals surface area contributed by atoms with E-state index >= 15 is 0 Å². The van der Waals surface area contributed by atoms with Crippen LogP contribution >= 0.6 is 0 Å². The van der Waals surface area contributed by atoms with Gasteiger partial charge in [0.25, 0.3) is 0 Å². The van der Waals surface area contributed by atoms with Crippen molar-refractivity contribution >= 4 is 21.9 Å². The Hall–Kier alpha value is -1.74. The second kappa shape index (κ2) is 7.00. The Morgan fingerprint density at radius 1 is 1.32 bits per heavy atom. The lowest BCUT2D eigenvalue weighted by molar-refractivity contribution is -0.117. The molecule has 0 unspecified atom stereocenters. The summed E-state index contributed by atoms with van der Waals surface area (Å²) in [6.45, 7) is 2.66. The van der Waals surface area contributed by atoms with Gasteiger partial charge in [0.15, 0.2) is 0 Å². The van der Waals surface area contributed by atoms with Crippen LogP contribution in [0.5, 0.6) is 0 Å². The van der Waals surface area contributed by atoms with E-state index in [0.29, 0.717) is 12.5 Å². The molecule has 1 aromatic rings. The van der Waals surface area contributed by atoms with Crippen molar-refractivity contribution in [2.24, 2.45) is 5.73 Å². The summed E-state index contributed by atoms with van der Waals surface area (Å²) >= 11 is 0. The number of hydrogen-bond acceptors (Lipinski definition) is 6. The molecular weight excluding hydrogens is 270 g/mol. The predicted octanol–water partition coefficient (Wildman–Crippen LogP) is -0.548. The molecule has 0 bridgehead atoms. The number of aromatic nitrogens is 2. The number of anilines is 1. The van der Waals surface area contributed by atoms with Gasteiger partial charge >= 0.3 is 0 Å². The first-order valence-corrected chi connectivity index (χ1v) is 7.28. The standard InChI is InChI=1S/C10H17N5O3S/c1-2-4-12-10-13-6-8(7-14-10)19(17,18)15-5-3-9(11)16/h6-7,15H,2-5H2,1H3,(H2,11,16)(H,12,13,14). The number of nitrogens with zero attached hydrogens (tertiary/aromatic N) is 2. The maximum Gasteiger partial charge on any atom is 0.243 e. The van der Waals surface area contributed by atoms with Crippen LogP contribution < -0.4 is 15.8 Å². The Balaban J connectivity index is 2.65. The summed E-state index contributed by atoms with van der Waals surface area (Å²) in [5.41, 5.74) is 4.92. The fourth-order valence-corrected chi connectivity index (χ4v) is 2.10. The smallest absolute Gasteiger partial charge is 0.243 e. The fourth-order valence-electron chi connectivity index (χ4n) is 1.17. The lowest BCUT2D eigenvalue weighted by Crippen LogP contribution is -2.28. The SMILES string of the molecule is CCCNc1ncc(S(=O)(=O)NCCC(N)=O)cn1. The van der Waals surface area contributed by atoms with E-state index in [1.54, 1.807) is 0 Å². The lowest BCUT2D eigenvalue weighted by atomic mass is 10.4. The molecule has 19 heavy (non-hydrogen) atoms. The number of carbonyl (C=O) groups is 1. The van der Waals surface area contributed by atoms with E-state index in [2.05, 4.69) is 20.0 Å². The first-order valence-electron chi connectivity index (χ1n) is 5.79. The minimum Gasteiger partial charge on any atom is -0.370 e. The highest BCUT2D eigenvalue weighted by Gasteiger charge is 2.14. The number of nitrogens with one attached hydrogen (secondary N) is 2. The Kier molecular flexibility index (Phi) is 5.64. The Morgan fingerprint density at radius 2 is 1.95 bits per heavy atom. The number of hydrogen-bond donors (Lipinski definition) is 3. The van der Waals surface area contributed by atoms with Gasteiger partial charge in [0.2, 0.25) is 21.9 Å². The van der Waals surface area contributed by atoms with Crippen LogP contribution in [0.3, 0.4) is 0 Å². The predicted molar refractivity (Wildman–Crippen MR) is 69.8 cm³/mol. The number of carbonyl (C=O) groups excluding carboxylic acids is 1. The van der Waals surface area contributed by atoms with Crippen LogP contribution in [0.25, 0.3) is 0 Å². The average molecular weight is 287 g/mol. The number of rotatable bonds is 8. The van der Waals surface area contributed by atoms with E-state index in [-0.39, 0.29) is 17.9 Å². The second-order valence-electron chi connectivity index (χ2n) is 3.78. The molecule has 8 nitrogen and oxygen atoms in total. The van der Waals surface area contributed by atoms with Crippen LogP contribution in [0.4, 0.5) is 5.95 Å². The maximum absolute atomic E-state index is 11.8. The quantitative estimate of drug-likeness (QED) is 0.589. The Labute approximate surface area is 111 Å². The van der Waals surface area contributed by atoms with Crippen molar-refractivity contribution in [3.05, 3.63) is 12.4 Å². The van der Waals surface area contributed by atoms with Crippen molar-refractivity contribution in [3.63, 3.8) is 0 Å². The van der Waals surface area contributed by atoms with Crippen molar-refractivity contribution in [1.29, 1.82) is 0 Å². The van der Waals surface area contributed by atoms with Gasteiger partial charge in [0.05, 0.1) is 12.4 Å². The monoisotopic (exact) mass is 287 g/mol. The number of nitrogens with two attached hydrogens (primary N) is 1. The van der Waals surface area contributed by atoms with Crippen LogP contribution in [0.2, 0.25) is 0 Å². The van der Waals surface area contributed by atoms with Crippen LogP contribution in [0, 0.1) is 0 Å². The number of primary amides is 1. The molecule has 1 heterocycles. The van der Waals surface area contributed by atoms with Gasteiger partial charge in [-0.3, -0.25) is 4.79 Å². The van der Waals surface area contributed by atoms with Crippen molar-refractivity contribution in [1.82, 2.24) is 14.7 Å². The van der Waals surface area contributed by atoms with E-state index in [1.165, 1.54) is 12.4 Å². The summed E-state index contributed by atoms with van der Waals surface area (Å²) in [7, 11) is -3.70. The van der Waals surface area contributed by atoms with E-state index in [0.717, 1.165) is 6.42 Å². The normalized spacial score (nSPS) is 11.2. The van der Waals surface area contributed by atoms with Gasteiger partial charge in [-0.05, 0) is 6.42 Å². The zero-order chi connectivity index (χ0) is 14.3. The molecule has 4 N–H and O–H groups in total. The molecule has 0 aliphatic heterocycles. The molecule has 106 valence electrons. The van der Waals surface area contributed by atoms with Crippen molar-refractivity contribution < 1.29 is 13.2 Å². The first kappa shape index (κ1) is 15.3. The van der Waals surface area contributed by atoms with E-state index in [4.69, 9.17) is 5.73 Å². The van der Waals surface area contributed by atoms with E-state index in [1.807, 2.05) is 6.92 Å². The molecule has 1 amide bonds. The van der Waals surface area contributed by atoms with Gasteiger partial charge in [-0.25, -0.2) is 23.1 Å². The topological polar surface area (TPSA) is 127 Å². The molecule has 0 saturated heterocycles. The number of sulfonamides is 1. The summed E-state index contributed by atoms with van der Waals surface area (Å²) in [5, 5.41) is 2.93. The Morgan fingerprint density at radius 3 is 2.47 bits per heavy atom. The molecule has 0 fully saturated rings. The van der Waals surface area contributed by atoms with Gasteiger partial charge in [-0.15, -0.1) is 0 Å². The van der Waals surface area contributed by atoms with Gasteiger partial charge in [0, 0.05) is 19.5 Å². The van der Waals surface area contributed by atoms with Gasteiger partial charge < -0.3 is 11.1 Å². The molecule has 0 spiro atoms. The van der Waals surface area contributed by atoms with Crippen molar-refractivity contribution in [2.75, 3.05) is 18.4 Å². The largest absolute Gasteiger partial charge is 0.370 e. The van der Waals surface area contributed by atoms with E-state index in [9.17, 15) is 13.2 Å².